The lowest BCUT2D eigenvalue weighted by Crippen LogP contribution is -2.10. The quantitative estimate of drug-likeness (QED) is 0.667. The van der Waals surface area contributed by atoms with Gasteiger partial charge in [0.25, 0.3) is 5.91 Å². The standard InChI is InChI=1S/C14H10BrNOS2/c1-8-6-9(15)2-3-10(8)16-14(17)13-7-12-11(19-13)4-5-18-12/h2-7H,1H3,(H,16,17). The van der Waals surface area contributed by atoms with E-state index in [9.17, 15) is 4.79 Å². The molecule has 1 aromatic carbocycles. The van der Waals surface area contributed by atoms with Crippen LogP contribution < -0.4 is 5.32 Å². The van der Waals surface area contributed by atoms with Crippen LogP contribution in [0.15, 0.2) is 40.2 Å². The molecule has 1 amide bonds. The van der Waals surface area contributed by atoms with Crippen molar-refractivity contribution in [2.45, 2.75) is 6.92 Å². The molecule has 0 radical (unpaired) electrons. The molecular formula is C14H10BrNOS2. The van der Waals surface area contributed by atoms with Crippen molar-refractivity contribution in [2.24, 2.45) is 0 Å². The third-order valence-electron chi connectivity index (χ3n) is 2.80. The normalized spacial score (nSPS) is 10.8. The number of hydrogen-bond acceptors (Lipinski definition) is 3. The molecule has 0 spiro atoms. The number of benzene rings is 1. The van der Waals surface area contributed by atoms with E-state index in [2.05, 4.69) is 21.2 Å². The summed E-state index contributed by atoms with van der Waals surface area (Å²) in [6, 6.07) is 9.83. The van der Waals surface area contributed by atoms with Gasteiger partial charge in [-0.15, -0.1) is 22.7 Å². The van der Waals surface area contributed by atoms with Crippen molar-refractivity contribution in [3.8, 4) is 0 Å². The molecule has 96 valence electrons. The van der Waals surface area contributed by atoms with E-state index in [4.69, 9.17) is 0 Å². The smallest absolute Gasteiger partial charge is 0.265 e. The van der Waals surface area contributed by atoms with E-state index < -0.39 is 0 Å². The molecule has 3 aromatic rings. The SMILES string of the molecule is Cc1cc(Br)ccc1NC(=O)c1cc2sccc2s1. The van der Waals surface area contributed by atoms with E-state index in [1.807, 2.05) is 42.6 Å². The number of thiophene rings is 2. The highest BCUT2D eigenvalue weighted by Crippen LogP contribution is 2.30. The summed E-state index contributed by atoms with van der Waals surface area (Å²) in [5.41, 5.74) is 1.89. The van der Waals surface area contributed by atoms with Crippen molar-refractivity contribution in [3.05, 3.63) is 50.6 Å². The third kappa shape index (κ3) is 2.59. The number of amides is 1. The largest absolute Gasteiger partial charge is 0.321 e. The predicted octanol–water partition coefficient (Wildman–Crippen LogP) is 5.29. The van der Waals surface area contributed by atoms with Crippen LogP contribution in [0.1, 0.15) is 15.2 Å². The van der Waals surface area contributed by atoms with E-state index in [0.29, 0.717) is 0 Å². The van der Waals surface area contributed by atoms with Crippen molar-refractivity contribution in [1.29, 1.82) is 0 Å². The Hall–Kier alpha value is -1.17. The zero-order valence-electron chi connectivity index (χ0n) is 10.1. The molecule has 0 unspecified atom stereocenters. The van der Waals surface area contributed by atoms with Gasteiger partial charge in [0.15, 0.2) is 0 Å². The van der Waals surface area contributed by atoms with Gasteiger partial charge in [0, 0.05) is 19.6 Å². The molecule has 2 aromatic heterocycles. The minimum atomic E-state index is -0.0428. The number of halogens is 1. The van der Waals surface area contributed by atoms with Crippen molar-refractivity contribution in [3.63, 3.8) is 0 Å². The van der Waals surface area contributed by atoms with Gasteiger partial charge in [0.05, 0.1) is 4.88 Å². The highest BCUT2D eigenvalue weighted by atomic mass is 79.9. The fourth-order valence-electron chi connectivity index (χ4n) is 1.83. The number of hydrogen-bond donors (Lipinski definition) is 1. The second kappa shape index (κ2) is 5.07. The number of fused-ring (bicyclic) bond motifs is 1. The summed E-state index contributed by atoms with van der Waals surface area (Å²) < 4.78 is 3.35. The molecule has 2 heterocycles. The minimum Gasteiger partial charge on any atom is -0.321 e. The van der Waals surface area contributed by atoms with Crippen LogP contribution in [0.2, 0.25) is 0 Å². The Kier molecular flexibility index (Phi) is 3.43. The molecule has 19 heavy (non-hydrogen) atoms. The first-order valence-corrected chi connectivity index (χ1v) is 8.17. The van der Waals surface area contributed by atoms with Crippen LogP contribution in [0.25, 0.3) is 9.40 Å². The third-order valence-corrected chi connectivity index (χ3v) is 5.39. The van der Waals surface area contributed by atoms with E-state index in [1.165, 1.54) is 20.7 Å². The zero-order chi connectivity index (χ0) is 13.4. The van der Waals surface area contributed by atoms with Crippen molar-refractivity contribution >= 4 is 59.6 Å². The van der Waals surface area contributed by atoms with Crippen LogP contribution in [0.3, 0.4) is 0 Å². The van der Waals surface area contributed by atoms with Gasteiger partial charge >= 0.3 is 0 Å². The highest BCUT2D eigenvalue weighted by molar-refractivity contribution is 9.10. The van der Waals surface area contributed by atoms with Crippen LogP contribution in [-0.2, 0) is 0 Å². The predicted molar refractivity (Wildman–Crippen MR) is 86.5 cm³/mol. The topological polar surface area (TPSA) is 29.1 Å². The zero-order valence-corrected chi connectivity index (χ0v) is 13.3. The Morgan fingerprint density at radius 3 is 2.79 bits per heavy atom. The molecule has 0 atom stereocenters. The maximum Gasteiger partial charge on any atom is 0.265 e. The highest BCUT2D eigenvalue weighted by Gasteiger charge is 2.12. The first-order valence-electron chi connectivity index (χ1n) is 5.68. The molecule has 0 fully saturated rings. The number of carbonyl (C=O) groups is 1. The van der Waals surface area contributed by atoms with Crippen molar-refractivity contribution in [1.82, 2.24) is 0 Å². The molecule has 0 aliphatic carbocycles. The van der Waals surface area contributed by atoms with Gasteiger partial charge in [-0.2, -0.15) is 0 Å². The van der Waals surface area contributed by atoms with E-state index in [-0.39, 0.29) is 5.91 Å². The molecule has 3 rings (SSSR count). The maximum atomic E-state index is 12.2. The minimum absolute atomic E-state index is 0.0428. The average Bonchev–Trinajstić information content (AvgIpc) is 2.93. The Labute approximate surface area is 127 Å². The molecule has 1 N–H and O–H groups in total. The molecule has 5 heteroatoms. The van der Waals surface area contributed by atoms with Crippen LogP contribution in [0.4, 0.5) is 5.69 Å². The summed E-state index contributed by atoms with van der Waals surface area (Å²) in [4.78, 5) is 13.0. The van der Waals surface area contributed by atoms with Gasteiger partial charge in [0.2, 0.25) is 0 Å². The molecular weight excluding hydrogens is 342 g/mol. The van der Waals surface area contributed by atoms with Crippen LogP contribution in [0, 0.1) is 6.92 Å². The Morgan fingerprint density at radius 1 is 1.21 bits per heavy atom. The molecule has 0 saturated carbocycles. The lowest BCUT2D eigenvalue weighted by molar-refractivity contribution is 0.103. The summed E-state index contributed by atoms with van der Waals surface area (Å²) in [7, 11) is 0. The van der Waals surface area contributed by atoms with E-state index in [1.54, 1.807) is 11.3 Å². The van der Waals surface area contributed by atoms with Gasteiger partial charge in [-0.1, -0.05) is 15.9 Å². The number of aryl methyl sites for hydroxylation is 1. The van der Waals surface area contributed by atoms with Crippen molar-refractivity contribution in [2.75, 3.05) is 5.32 Å². The first-order chi connectivity index (χ1) is 9.13. The average molecular weight is 352 g/mol. The molecule has 0 saturated heterocycles. The summed E-state index contributed by atoms with van der Waals surface area (Å²) in [6.07, 6.45) is 0. The van der Waals surface area contributed by atoms with Gasteiger partial charge in [-0.3, -0.25) is 4.79 Å². The first kappa shape index (κ1) is 12.8. The molecule has 0 aliphatic heterocycles. The Balaban J connectivity index is 1.86. The molecule has 0 aliphatic rings. The number of anilines is 1. The lowest BCUT2D eigenvalue weighted by Gasteiger charge is -2.07. The Morgan fingerprint density at radius 2 is 2.05 bits per heavy atom. The fraction of sp³-hybridized carbons (Fsp3) is 0.0714. The molecule has 2 nitrogen and oxygen atoms in total. The van der Waals surface area contributed by atoms with Gasteiger partial charge in [0.1, 0.15) is 0 Å². The molecule has 0 bridgehead atoms. The summed E-state index contributed by atoms with van der Waals surface area (Å²) in [6.45, 7) is 1.98. The van der Waals surface area contributed by atoms with Gasteiger partial charge < -0.3 is 5.32 Å². The van der Waals surface area contributed by atoms with Crippen LogP contribution in [-0.4, -0.2) is 5.91 Å². The Bertz CT molecular complexity index is 731. The number of rotatable bonds is 2. The van der Waals surface area contributed by atoms with Crippen LogP contribution >= 0.6 is 38.6 Å². The van der Waals surface area contributed by atoms with Gasteiger partial charge in [-0.25, -0.2) is 0 Å². The summed E-state index contributed by atoms with van der Waals surface area (Å²) in [5, 5.41) is 5.00. The lowest BCUT2D eigenvalue weighted by atomic mass is 10.2. The van der Waals surface area contributed by atoms with Gasteiger partial charge in [-0.05, 0) is 48.2 Å². The van der Waals surface area contributed by atoms with E-state index in [0.717, 1.165) is 20.6 Å². The summed E-state index contributed by atoms with van der Waals surface area (Å²) in [5.74, 6) is -0.0428. The monoisotopic (exact) mass is 351 g/mol. The second-order valence-corrected chi connectivity index (χ2v) is 7.12. The van der Waals surface area contributed by atoms with Crippen molar-refractivity contribution < 1.29 is 4.79 Å². The van der Waals surface area contributed by atoms with Crippen LogP contribution in [0.5, 0.6) is 0 Å². The number of carbonyl (C=O) groups excluding carboxylic acids is 1. The number of nitrogens with one attached hydrogen (secondary N) is 1. The summed E-state index contributed by atoms with van der Waals surface area (Å²) >= 11 is 6.61. The van der Waals surface area contributed by atoms with E-state index >= 15 is 0 Å². The maximum absolute atomic E-state index is 12.2. The fourth-order valence-corrected chi connectivity index (χ4v) is 4.31. The second-order valence-electron chi connectivity index (χ2n) is 4.17.